The fourth-order valence-corrected chi connectivity index (χ4v) is 4.57. The molecule has 3 aromatic rings. The second kappa shape index (κ2) is 9.19. The smallest absolute Gasteiger partial charge is 0.289 e. The Labute approximate surface area is 200 Å². The number of anilines is 1. The van der Waals surface area contributed by atoms with Gasteiger partial charge in [0.1, 0.15) is 0 Å². The average molecular weight is 473 g/mol. The molecular formula is C26H23N3O6. The van der Waals surface area contributed by atoms with Gasteiger partial charge in [0.25, 0.3) is 11.8 Å². The van der Waals surface area contributed by atoms with Crippen LogP contribution in [0.4, 0.5) is 5.69 Å². The number of fused-ring (bicyclic) bond motifs is 2. The van der Waals surface area contributed by atoms with Crippen LogP contribution in [0.1, 0.15) is 52.8 Å². The number of nitrogens with zero attached hydrogens (tertiary/aromatic N) is 2. The number of amides is 2. The normalized spacial score (nSPS) is 15.0. The predicted molar refractivity (Wildman–Crippen MR) is 126 cm³/mol. The first-order valence-electron chi connectivity index (χ1n) is 11.3. The Morgan fingerprint density at radius 3 is 2.11 bits per heavy atom. The van der Waals surface area contributed by atoms with Gasteiger partial charge < -0.3 is 24.6 Å². The van der Waals surface area contributed by atoms with Crippen LogP contribution in [-0.2, 0) is 0 Å². The van der Waals surface area contributed by atoms with E-state index in [-0.39, 0.29) is 70.2 Å². The van der Waals surface area contributed by atoms with E-state index in [0.29, 0.717) is 31.7 Å². The van der Waals surface area contributed by atoms with Crippen LogP contribution >= 0.6 is 0 Å². The Kier molecular flexibility index (Phi) is 5.92. The summed E-state index contributed by atoms with van der Waals surface area (Å²) >= 11 is 0. The van der Waals surface area contributed by atoms with E-state index in [0.717, 1.165) is 0 Å². The lowest BCUT2D eigenvalue weighted by Crippen LogP contribution is -2.50. The van der Waals surface area contributed by atoms with Gasteiger partial charge in [-0.15, -0.1) is 0 Å². The van der Waals surface area contributed by atoms with Crippen LogP contribution in [0.25, 0.3) is 0 Å². The zero-order valence-electron chi connectivity index (χ0n) is 18.8. The maximum atomic E-state index is 13.5. The standard InChI is InChI=1S/C26H23N3O6/c30-14-9-27-22-19(8-7-18-21(22)24(32)17-5-2-1-4-16(17)23(18)31)25(33)28-10-12-29(13-11-28)26(34)20-6-3-15-35-20/h1-8,15,27,30H,9-14H2. The monoisotopic (exact) mass is 473 g/mol. The number of hydrogen-bond acceptors (Lipinski definition) is 7. The minimum atomic E-state index is -0.348. The van der Waals surface area contributed by atoms with Crippen LogP contribution in [0.5, 0.6) is 0 Å². The van der Waals surface area contributed by atoms with Crippen LogP contribution < -0.4 is 5.32 Å². The lowest BCUT2D eigenvalue weighted by Gasteiger charge is -2.35. The van der Waals surface area contributed by atoms with E-state index in [1.807, 2.05) is 0 Å². The first-order chi connectivity index (χ1) is 17.0. The van der Waals surface area contributed by atoms with Gasteiger partial charge in [0.15, 0.2) is 17.3 Å². The van der Waals surface area contributed by atoms with Crippen molar-refractivity contribution in [2.45, 2.75) is 0 Å². The maximum Gasteiger partial charge on any atom is 0.289 e. The number of rotatable bonds is 5. The first kappa shape index (κ1) is 22.5. The molecule has 2 amide bonds. The molecule has 5 rings (SSSR count). The summed E-state index contributed by atoms with van der Waals surface area (Å²) in [5.74, 6) is -0.940. The van der Waals surface area contributed by atoms with Crippen LogP contribution in [0.2, 0.25) is 0 Å². The van der Waals surface area contributed by atoms with Crippen molar-refractivity contribution >= 4 is 29.1 Å². The molecule has 9 heteroatoms. The van der Waals surface area contributed by atoms with Gasteiger partial charge in [-0.1, -0.05) is 24.3 Å². The highest BCUT2D eigenvalue weighted by molar-refractivity contribution is 6.31. The lowest BCUT2D eigenvalue weighted by molar-refractivity contribution is 0.0518. The third-order valence-electron chi connectivity index (χ3n) is 6.32. The molecule has 0 spiro atoms. The summed E-state index contributed by atoms with van der Waals surface area (Å²) in [4.78, 5) is 55.8. The second-order valence-electron chi connectivity index (χ2n) is 8.33. The molecule has 2 aliphatic rings. The summed E-state index contributed by atoms with van der Waals surface area (Å²) in [6, 6.07) is 12.9. The number of ketones is 2. The molecule has 1 aliphatic carbocycles. The summed E-state index contributed by atoms with van der Waals surface area (Å²) in [6.07, 6.45) is 1.44. The van der Waals surface area contributed by atoms with Gasteiger partial charge in [-0.2, -0.15) is 0 Å². The first-order valence-corrected chi connectivity index (χ1v) is 11.3. The highest BCUT2D eigenvalue weighted by Gasteiger charge is 2.35. The number of furan rings is 1. The van der Waals surface area contributed by atoms with Gasteiger partial charge in [0.2, 0.25) is 0 Å². The van der Waals surface area contributed by atoms with E-state index >= 15 is 0 Å². The highest BCUT2D eigenvalue weighted by atomic mass is 16.3. The summed E-state index contributed by atoms with van der Waals surface area (Å²) in [5.41, 5.74) is 1.45. The van der Waals surface area contributed by atoms with Crippen molar-refractivity contribution in [3.05, 3.63) is 88.4 Å². The number of aliphatic hydroxyl groups is 1. The summed E-state index contributed by atoms with van der Waals surface area (Å²) < 4.78 is 5.18. The minimum Gasteiger partial charge on any atom is -0.459 e. The van der Waals surface area contributed by atoms with Gasteiger partial charge in [-0.25, -0.2) is 0 Å². The van der Waals surface area contributed by atoms with E-state index in [1.54, 1.807) is 52.3 Å². The van der Waals surface area contributed by atoms with Crippen LogP contribution in [0.15, 0.2) is 59.2 Å². The van der Waals surface area contributed by atoms with Gasteiger partial charge in [0.05, 0.1) is 29.7 Å². The van der Waals surface area contributed by atoms with Crippen molar-refractivity contribution in [3.8, 4) is 0 Å². The molecule has 2 N–H and O–H groups in total. The largest absolute Gasteiger partial charge is 0.459 e. The molecule has 0 bridgehead atoms. The number of piperazine rings is 1. The fourth-order valence-electron chi connectivity index (χ4n) is 4.57. The molecule has 0 saturated carbocycles. The van der Waals surface area contributed by atoms with Gasteiger partial charge in [-0.05, 0) is 24.3 Å². The molecule has 2 heterocycles. The second-order valence-corrected chi connectivity index (χ2v) is 8.33. The quantitative estimate of drug-likeness (QED) is 0.455. The Hall–Kier alpha value is -4.24. The van der Waals surface area contributed by atoms with Crippen molar-refractivity contribution in [1.82, 2.24) is 9.80 Å². The van der Waals surface area contributed by atoms with Gasteiger partial charge in [-0.3, -0.25) is 19.2 Å². The summed E-state index contributed by atoms with van der Waals surface area (Å²) in [6.45, 7) is 1.16. The minimum absolute atomic E-state index is 0.102. The van der Waals surface area contributed by atoms with Crippen LogP contribution in [0, 0.1) is 0 Å². The molecule has 1 aliphatic heterocycles. The molecule has 1 saturated heterocycles. The number of nitrogens with one attached hydrogen (secondary N) is 1. The molecule has 35 heavy (non-hydrogen) atoms. The Balaban J connectivity index is 1.44. The topological polar surface area (TPSA) is 120 Å². The van der Waals surface area contributed by atoms with Gasteiger partial charge in [0, 0.05) is 49.4 Å². The Bertz CT molecular complexity index is 1320. The van der Waals surface area contributed by atoms with Crippen molar-refractivity contribution in [3.63, 3.8) is 0 Å². The molecule has 0 unspecified atom stereocenters. The number of hydrogen-bond donors (Lipinski definition) is 2. The highest BCUT2D eigenvalue weighted by Crippen LogP contribution is 2.35. The zero-order chi connectivity index (χ0) is 24.5. The van der Waals surface area contributed by atoms with Gasteiger partial charge >= 0.3 is 0 Å². The molecule has 0 radical (unpaired) electrons. The molecule has 9 nitrogen and oxygen atoms in total. The van der Waals surface area contributed by atoms with E-state index in [1.165, 1.54) is 12.3 Å². The van der Waals surface area contributed by atoms with Crippen molar-refractivity contribution in [1.29, 1.82) is 0 Å². The number of carbonyl (C=O) groups is 4. The zero-order valence-corrected chi connectivity index (χ0v) is 18.8. The van der Waals surface area contributed by atoms with E-state index in [9.17, 15) is 24.3 Å². The number of aliphatic hydroxyl groups excluding tert-OH is 1. The van der Waals surface area contributed by atoms with Crippen LogP contribution in [-0.4, -0.2) is 77.6 Å². The molecule has 0 atom stereocenters. The van der Waals surface area contributed by atoms with Crippen molar-refractivity contribution < 1.29 is 28.7 Å². The molecule has 1 aromatic heterocycles. The molecule has 1 fully saturated rings. The lowest BCUT2D eigenvalue weighted by atomic mass is 9.82. The van der Waals surface area contributed by atoms with Crippen molar-refractivity contribution in [2.75, 3.05) is 44.6 Å². The summed E-state index contributed by atoms with van der Waals surface area (Å²) in [5, 5.41) is 12.4. The maximum absolute atomic E-state index is 13.5. The Morgan fingerprint density at radius 2 is 1.49 bits per heavy atom. The van der Waals surface area contributed by atoms with Crippen molar-refractivity contribution in [2.24, 2.45) is 0 Å². The number of benzene rings is 2. The predicted octanol–water partition coefficient (Wildman–Crippen LogP) is 2.06. The van der Waals surface area contributed by atoms with E-state index in [2.05, 4.69) is 5.32 Å². The molecular weight excluding hydrogens is 450 g/mol. The number of carbonyl (C=O) groups excluding carboxylic acids is 4. The Morgan fingerprint density at radius 1 is 0.829 bits per heavy atom. The molecule has 2 aromatic carbocycles. The van der Waals surface area contributed by atoms with E-state index < -0.39 is 0 Å². The third kappa shape index (κ3) is 3.89. The molecule has 178 valence electrons. The average Bonchev–Trinajstić information content (AvgIpc) is 3.44. The van der Waals surface area contributed by atoms with E-state index in [4.69, 9.17) is 4.42 Å². The third-order valence-corrected chi connectivity index (χ3v) is 6.32. The van der Waals surface area contributed by atoms with Crippen LogP contribution in [0.3, 0.4) is 0 Å². The summed E-state index contributed by atoms with van der Waals surface area (Å²) in [7, 11) is 0. The fraction of sp³-hybridized carbons (Fsp3) is 0.231. The SMILES string of the molecule is O=C1c2ccccc2C(=O)c2c1ccc(C(=O)N1CCN(C(=O)c3ccco3)CC1)c2NCCO.